The fraction of sp³-hybridized carbons (Fsp3) is 0.500. The Morgan fingerprint density at radius 3 is 2.62 bits per heavy atom. The summed E-state index contributed by atoms with van der Waals surface area (Å²) in [5.41, 5.74) is 2.00. The molecule has 0 amide bonds. The first kappa shape index (κ1) is 23.1. The summed E-state index contributed by atoms with van der Waals surface area (Å²) in [6.45, 7) is 6.45. The Morgan fingerprint density at radius 1 is 1.14 bits per heavy atom. The van der Waals surface area contributed by atoms with Crippen LogP contribution in [0.5, 0.6) is 5.75 Å². The molecule has 0 aliphatic carbocycles. The van der Waals surface area contributed by atoms with Crippen molar-refractivity contribution in [2.24, 2.45) is 0 Å². The molecule has 29 heavy (non-hydrogen) atoms. The van der Waals surface area contributed by atoms with Crippen molar-refractivity contribution in [1.82, 2.24) is 10.2 Å². The predicted octanol–water partition coefficient (Wildman–Crippen LogP) is 5.24. The van der Waals surface area contributed by atoms with Crippen molar-refractivity contribution in [3.8, 4) is 5.75 Å². The van der Waals surface area contributed by atoms with Crippen LogP contribution in [-0.2, 0) is 17.8 Å². The first-order chi connectivity index (χ1) is 14.0. The number of carboxylic acids is 1. The van der Waals surface area contributed by atoms with Gasteiger partial charge in [0.05, 0.1) is 12.3 Å². The van der Waals surface area contributed by atoms with E-state index in [1.807, 2.05) is 24.3 Å². The number of aryl methyl sites for hydroxylation is 1. The van der Waals surface area contributed by atoms with Crippen molar-refractivity contribution < 1.29 is 14.6 Å². The third kappa shape index (κ3) is 8.01. The van der Waals surface area contributed by atoms with Gasteiger partial charge in [-0.05, 0) is 62.9 Å². The predicted molar refractivity (Wildman–Crippen MR) is 118 cm³/mol. The summed E-state index contributed by atoms with van der Waals surface area (Å²) in [6, 6.07) is 10.1. The summed E-state index contributed by atoms with van der Waals surface area (Å²) in [7, 11) is 0. The molecule has 0 saturated carbocycles. The molecule has 1 heterocycles. The van der Waals surface area contributed by atoms with Crippen molar-refractivity contribution >= 4 is 27.7 Å². The van der Waals surface area contributed by atoms with Crippen molar-refractivity contribution in [1.29, 1.82) is 0 Å². The van der Waals surface area contributed by atoms with Gasteiger partial charge in [-0.3, -0.25) is 4.79 Å². The van der Waals surface area contributed by atoms with Crippen LogP contribution in [-0.4, -0.2) is 34.4 Å². The van der Waals surface area contributed by atoms with E-state index in [9.17, 15) is 4.79 Å². The zero-order valence-corrected chi connectivity index (χ0v) is 18.8. The van der Waals surface area contributed by atoms with Crippen LogP contribution in [0.25, 0.3) is 0 Å². The zero-order valence-electron chi connectivity index (χ0n) is 17.2. The number of carbonyl (C=O) groups is 1. The van der Waals surface area contributed by atoms with Crippen LogP contribution in [0.15, 0.2) is 34.8 Å². The van der Waals surface area contributed by atoms with Crippen LogP contribution >= 0.6 is 15.9 Å². The third-order valence-corrected chi connectivity index (χ3v) is 5.12. The minimum atomic E-state index is -0.754. The number of nitrogens with zero attached hydrogens (tertiary/aromatic N) is 3. The molecule has 1 aromatic carbocycles. The number of hydrogen-bond acceptors (Lipinski definition) is 5. The van der Waals surface area contributed by atoms with Gasteiger partial charge in [-0.2, -0.15) is 5.10 Å². The van der Waals surface area contributed by atoms with Crippen LogP contribution in [0.1, 0.15) is 57.2 Å². The summed E-state index contributed by atoms with van der Waals surface area (Å²) in [5, 5.41) is 17.4. The molecule has 2 rings (SSSR count). The van der Waals surface area contributed by atoms with E-state index in [0.29, 0.717) is 19.6 Å². The maximum atomic E-state index is 10.6. The lowest BCUT2D eigenvalue weighted by Crippen LogP contribution is -2.24. The molecule has 1 N–H and O–H groups in total. The highest BCUT2D eigenvalue weighted by Crippen LogP contribution is 2.26. The van der Waals surface area contributed by atoms with E-state index in [1.54, 1.807) is 0 Å². The number of aliphatic carboxylic acids is 1. The molecule has 158 valence electrons. The number of aromatic nitrogens is 2. The zero-order chi connectivity index (χ0) is 21.1. The average molecular weight is 464 g/mol. The van der Waals surface area contributed by atoms with Crippen LogP contribution < -0.4 is 9.64 Å². The second kappa shape index (κ2) is 12.4. The number of anilines is 1. The minimum absolute atomic E-state index is 0.199. The quantitative estimate of drug-likeness (QED) is 0.409. The van der Waals surface area contributed by atoms with Gasteiger partial charge >= 0.3 is 5.97 Å². The Bertz CT molecular complexity index is 768. The Hall–Kier alpha value is -2.15. The molecule has 0 aliphatic rings. The topological polar surface area (TPSA) is 75.5 Å². The van der Waals surface area contributed by atoms with Gasteiger partial charge in [0.25, 0.3) is 0 Å². The Morgan fingerprint density at radius 2 is 1.97 bits per heavy atom. The number of benzene rings is 1. The molecule has 0 radical (unpaired) electrons. The fourth-order valence-corrected chi connectivity index (χ4v) is 3.34. The smallest absolute Gasteiger partial charge is 0.303 e. The van der Waals surface area contributed by atoms with Gasteiger partial charge in [0.2, 0.25) is 0 Å². The van der Waals surface area contributed by atoms with Gasteiger partial charge in [0.1, 0.15) is 5.75 Å². The average Bonchev–Trinajstić information content (AvgIpc) is 2.71. The first-order valence-electron chi connectivity index (χ1n) is 10.2. The van der Waals surface area contributed by atoms with E-state index in [0.717, 1.165) is 59.5 Å². The van der Waals surface area contributed by atoms with Crippen LogP contribution in [0.3, 0.4) is 0 Å². The molecule has 0 aliphatic heterocycles. The molecule has 2 aromatic rings. The van der Waals surface area contributed by atoms with E-state index < -0.39 is 5.97 Å². The summed E-state index contributed by atoms with van der Waals surface area (Å²) in [6.07, 6.45) is 4.54. The van der Waals surface area contributed by atoms with Crippen LogP contribution in [0.4, 0.5) is 5.82 Å². The van der Waals surface area contributed by atoms with E-state index >= 15 is 0 Å². The number of halogens is 1. The lowest BCUT2D eigenvalue weighted by molar-refractivity contribution is -0.137. The maximum absolute atomic E-state index is 10.6. The maximum Gasteiger partial charge on any atom is 0.303 e. The molecule has 7 heteroatoms. The highest BCUT2D eigenvalue weighted by molar-refractivity contribution is 9.10. The van der Waals surface area contributed by atoms with Crippen molar-refractivity contribution in [3.63, 3.8) is 0 Å². The molecule has 0 saturated heterocycles. The van der Waals surface area contributed by atoms with Crippen LogP contribution in [0.2, 0.25) is 0 Å². The summed E-state index contributed by atoms with van der Waals surface area (Å²) in [4.78, 5) is 12.7. The molecule has 0 fully saturated rings. The number of ether oxygens (including phenoxy) is 1. The highest BCUT2D eigenvalue weighted by Gasteiger charge is 2.12. The number of hydrogen-bond donors (Lipinski definition) is 1. The number of rotatable bonds is 13. The van der Waals surface area contributed by atoms with Gasteiger partial charge in [-0.1, -0.05) is 29.3 Å². The largest absolute Gasteiger partial charge is 0.493 e. The van der Waals surface area contributed by atoms with E-state index in [4.69, 9.17) is 9.84 Å². The lowest BCUT2D eigenvalue weighted by Gasteiger charge is -2.23. The van der Waals surface area contributed by atoms with Gasteiger partial charge < -0.3 is 14.7 Å². The van der Waals surface area contributed by atoms with Gasteiger partial charge in [0.15, 0.2) is 5.82 Å². The first-order valence-corrected chi connectivity index (χ1v) is 11.0. The lowest BCUT2D eigenvalue weighted by atomic mass is 10.1. The second-order valence-electron chi connectivity index (χ2n) is 6.95. The summed E-state index contributed by atoms with van der Waals surface area (Å²) < 4.78 is 7.00. The fourth-order valence-electron chi connectivity index (χ4n) is 2.94. The van der Waals surface area contributed by atoms with E-state index in [1.165, 1.54) is 0 Å². The summed E-state index contributed by atoms with van der Waals surface area (Å²) in [5.74, 6) is 0.972. The van der Waals surface area contributed by atoms with Gasteiger partial charge in [-0.25, -0.2) is 0 Å². The number of carboxylic acid groups (broad SMARTS) is 1. The molecule has 0 spiro atoms. The Kier molecular flexibility index (Phi) is 9.91. The molecule has 1 aromatic heterocycles. The Labute approximate surface area is 181 Å². The minimum Gasteiger partial charge on any atom is -0.493 e. The molecule has 6 nitrogen and oxygen atoms in total. The highest BCUT2D eigenvalue weighted by atomic mass is 79.9. The molecular formula is C22H30BrN3O3. The second-order valence-corrected chi connectivity index (χ2v) is 7.87. The monoisotopic (exact) mass is 463 g/mol. The van der Waals surface area contributed by atoms with Gasteiger partial charge in [0, 0.05) is 29.5 Å². The van der Waals surface area contributed by atoms with E-state index in [-0.39, 0.29) is 6.42 Å². The third-order valence-electron chi connectivity index (χ3n) is 4.62. The summed E-state index contributed by atoms with van der Waals surface area (Å²) >= 11 is 3.56. The SMILES string of the molecule is CCCCOc1ccc(Br)cc1CN(CC)c1ccc(CCCCC(=O)O)nn1. The molecule has 0 atom stereocenters. The number of unbranched alkanes of at least 4 members (excludes halogenated alkanes) is 2. The Balaban J connectivity index is 2.02. The molecule has 0 unspecified atom stereocenters. The standard InChI is InChI=1S/C22H30BrN3O3/c1-3-5-14-29-20-12-10-18(23)15-17(20)16-26(4-2)21-13-11-19(24-25-21)8-6-7-9-22(27)28/h10-13,15H,3-9,14,16H2,1-2H3,(H,27,28). The van der Waals surface area contributed by atoms with Crippen molar-refractivity contribution in [2.75, 3.05) is 18.1 Å². The van der Waals surface area contributed by atoms with Gasteiger partial charge in [-0.15, -0.1) is 5.10 Å². The van der Waals surface area contributed by atoms with Crippen molar-refractivity contribution in [3.05, 3.63) is 46.1 Å². The normalized spacial score (nSPS) is 10.7. The molecular weight excluding hydrogens is 434 g/mol. The van der Waals surface area contributed by atoms with Crippen LogP contribution in [0, 0.1) is 0 Å². The molecule has 0 bridgehead atoms. The van der Waals surface area contributed by atoms with E-state index in [2.05, 4.69) is 50.9 Å². The van der Waals surface area contributed by atoms with Crippen molar-refractivity contribution in [2.45, 2.75) is 58.9 Å².